The van der Waals surface area contributed by atoms with Crippen LogP contribution in [0.2, 0.25) is 0 Å². The van der Waals surface area contributed by atoms with E-state index in [1.165, 1.54) is 11.2 Å². The zero-order chi connectivity index (χ0) is 20.8. The Morgan fingerprint density at radius 1 is 1.27 bits per heavy atom. The summed E-state index contributed by atoms with van der Waals surface area (Å²) in [5, 5.41) is 11.1. The molecule has 0 bridgehead atoms. The maximum atomic E-state index is 13.0. The highest BCUT2D eigenvalue weighted by Gasteiger charge is 2.48. The maximum absolute atomic E-state index is 13.0. The van der Waals surface area contributed by atoms with E-state index in [4.69, 9.17) is 13.9 Å². The van der Waals surface area contributed by atoms with Gasteiger partial charge in [-0.1, -0.05) is 0 Å². The van der Waals surface area contributed by atoms with Gasteiger partial charge in [-0.3, -0.25) is 9.59 Å². The second kappa shape index (κ2) is 7.32. The minimum atomic E-state index is -0.785. The third-order valence-corrected chi connectivity index (χ3v) is 5.95. The number of aliphatic hydroxyl groups excluding tert-OH is 1. The van der Waals surface area contributed by atoms with E-state index in [2.05, 4.69) is 0 Å². The van der Waals surface area contributed by atoms with Crippen molar-refractivity contribution in [2.24, 2.45) is 0 Å². The summed E-state index contributed by atoms with van der Waals surface area (Å²) < 4.78 is 17.0. The van der Waals surface area contributed by atoms with Gasteiger partial charge in [0.05, 0.1) is 17.9 Å². The second-order valence-electron chi connectivity index (χ2n) is 8.06. The van der Waals surface area contributed by atoms with Crippen molar-refractivity contribution in [1.82, 2.24) is 4.90 Å². The molecule has 1 aromatic heterocycles. The molecule has 7 nitrogen and oxygen atoms in total. The van der Waals surface area contributed by atoms with Crippen LogP contribution in [0.1, 0.15) is 42.7 Å². The number of hydrogen-bond acceptors (Lipinski definition) is 6. The van der Waals surface area contributed by atoms with Gasteiger partial charge in [-0.15, -0.1) is 0 Å². The van der Waals surface area contributed by atoms with Crippen LogP contribution < -0.4 is 4.74 Å². The second-order valence-corrected chi connectivity index (χ2v) is 8.06. The first-order chi connectivity index (χ1) is 14.5. The topological polar surface area (TPSA) is 89.2 Å². The van der Waals surface area contributed by atoms with Crippen LogP contribution in [-0.2, 0) is 20.7 Å². The Kier molecular flexibility index (Phi) is 4.62. The van der Waals surface area contributed by atoms with Gasteiger partial charge in [0, 0.05) is 25.1 Å². The first-order valence-electron chi connectivity index (χ1n) is 10.3. The van der Waals surface area contributed by atoms with Gasteiger partial charge in [0.15, 0.2) is 0 Å². The molecular formula is C23H23NO6. The van der Waals surface area contributed by atoms with Crippen LogP contribution in [0.5, 0.6) is 5.75 Å². The fraction of sp³-hybridized carbons (Fsp3) is 0.391. The number of nitrogens with zero attached hydrogens (tertiary/aromatic N) is 1. The molecule has 30 heavy (non-hydrogen) atoms. The smallest absolute Gasteiger partial charge is 0.295 e. The van der Waals surface area contributed by atoms with Crippen LogP contribution in [0.25, 0.3) is 5.76 Å². The van der Waals surface area contributed by atoms with Crippen molar-refractivity contribution in [3.8, 4) is 5.75 Å². The van der Waals surface area contributed by atoms with Crippen molar-refractivity contribution in [3.63, 3.8) is 0 Å². The number of ketones is 1. The number of benzene rings is 1. The molecule has 5 rings (SSSR count). The van der Waals surface area contributed by atoms with Gasteiger partial charge in [-0.05, 0) is 55.7 Å². The summed E-state index contributed by atoms with van der Waals surface area (Å²) >= 11 is 0. The Morgan fingerprint density at radius 2 is 2.13 bits per heavy atom. The van der Waals surface area contributed by atoms with E-state index in [9.17, 15) is 14.7 Å². The van der Waals surface area contributed by atoms with Gasteiger partial charge in [-0.2, -0.15) is 0 Å². The van der Waals surface area contributed by atoms with Gasteiger partial charge in [0.1, 0.15) is 29.4 Å². The highest BCUT2D eigenvalue weighted by Crippen LogP contribution is 2.41. The van der Waals surface area contributed by atoms with Crippen molar-refractivity contribution in [3.05, 3.63) is 59.1 Å². The van der Waals surface area contributed by atoms with Crippen LogP contribution in [0.15, 0.2) is 46.6 Å². The number of furan rings is 1. The third-order valence-electron chi connectivity index (χ3n) is 5.95. The number of carbonyl (C=O) groups excluding carboxylic acids is 2. The lowest BCUT2D eigenvalue weighted by molar-refractivity contribution is -0.141. The molecule has 4 heterocycles. The number of amides is 1. The van der Waals surface area contributed by atoms with E-state index < -0.39 is 17.7 Å². The molecule has 0 saturated carbocycles. The molecule has 1 aromatic carbocycles. The standard InChI is InChI=1S/C23H23NO6/c1-13-10-15-11-14(6-7-17(15)30-13)21(25)19-20(18-5-3-9-29-18)24(23(27)22(19)26)12-16-4-2-8-28-16/h3,5-7,9,11,13,16,20,25H,2,4,8,10,12H2,1H3/t13-,16+,20-/m1/s1. The molecule has 0 spiro atoms. The number of Topliss-reactive ketones (excluding diaryl/α,β-unsaturated/α-hetero) is 1. The number of rotatable bonds is 4. The number of likely N-dealkylation sites (tertiary alicyclic amines) is 1. The van der Waals surface area contributed by atoms with Crippen molar-refractivity contribution in [1.29, 1.82) is 0 Å². The largest absolute Gasteiger partial charge is 0.507 e. The van der Waals surface area contributed by atoms with E-state index in [1.807, 2.05) is 13.0 Å². The van der Waals surface area contributed by atoms with Crippen molar-refractivity contribution < 1.29 is 28.6 Å². The zero-order valence-electron chi connectivity index (χ0n) is 16.7. The molecule has 1 amide bonds. The first-order valence-corrected chi connectivity index (χ1v) is 10.3. The van der Waals surface area contributed by atoms with Gasteiger partial charge in [-0.25, -0.2) is 0 Å². The molecule has 2 saturated heterocycles. The summed E-state index contributed by atoms with van der Waals surface area (Å²) in [6.45, 7) is 2.91. The van der Waals surface area contributed by atoms with Crippen LogP contribution in [0, 0.1) is 0 Å². The molecule has 3 aliphatic heterocycles. The van der Waals surface area contributed by atoms with E-state index >= 15 is 0 Å². The maximum Gasteiger partial charge on any atom is 0.295 e. The SMILES string of the molecule is C[C@@H]1Cc2cc(C(O)=C3C(=O)C(=O)N(C[C@@H]4CCCO4)[C@@H]3c3ccco3)ccc2O1. The van der Waals surface area contributed by atoms with Gasteiger partial charge < -0.3 is 23.9 Å². The number of fused-ring (bicyclic) bond motifs is 1. The number of ether oxygens (including phenoxy) is 2. The minimum Gasteiger partial charge on any atom is -0.507 e. The molecule has 2 aromatic rings. The van der Waals surface area contributed by atoms with E-state index in [0.29, 0.717) is 17.9 Å². The van der Waals surface area contributed by atoms with Gasteiger partial charge >= 0.3 is 0 Å². The molecule has 7 heteroatoms. The van der Waals surface area contributed by atoms with Crippen LogP contribution in [0.4, 0.5) is 0 Å². The molecule has 0 unspecified atom stereocenters. The lowest BCUT2D eigenvalue weighted by atomic mass is 9.97. The summed E-state index contributed by atoms with van der Waals surface area (Å²) in [4.78, 5) is 27.3. The van der Waals surface area contributed by atoms with Crippen molar-refractivity contribution in [2.45, 2.75) is 44.4 Å². The lowest BCUT2D eigenvalue weighted by Crippen LogP contribution is -2.36. The summed E-state index contributed by atoms with van der Waals surface area (Å²) in [7, 11) is 0. The van der Waals surface area contributed by atoms with E-state index in [0.717, 1.165) is 30.6 Å². The Labute approximate surface area is 173 Å². The molecule has 0 aliphatic carbocycles. The summed E-state index contributed by atoms with van der Waals surface area (Å²) in [6, 6.07) is 7.95. The zero-order valence-corrected chi connectivity index (χ0v) is 16.7. The molecule has 0 radical (unpaired) electrons. The van der Waals surface area contributed by atoms with Crippen LogP contribution in [0.3, 0.4) is 0 Å². The van der Waals surface area contributed by atoms with Crippen molar-refractivity contribution >= 4 is 17.4 Å². The fourth-order valence-electron chi connectivity index (χ4n) is 4.54. The fourth-order valence-corrected chi connectivity index (χ4v) is 4.54. The summed E-state index contributed by atoms with van der Waals surface area (Å²) in [6.07, 6.45) is 3.92. The monoisotopic (exact) mass is 409 g/mol. The molecule has 1 N–H and O–H groups in total. The Morgan fingerprint density at radius 3 is 2.87 bits per heavy atom. The number of carbonyl (C=O) groups is 2. The molecule has 3 atom stereocenters. The molecular weight excluding hydrogens is 386 g/mol. The lowest BCUT2D eigenvalue weighted by Gasteiger charge is -2.25. The highest BCUT2D eigenvalue weighted by molar-refractivity contribution is 6.46. The summed E-state index contributed by atoms with van der Waals surface area (Å²) in [5.41, 5.74) is 1.49. The number of hydrogen-bond donors (Lipinski definition) is 1. The first kappa shape index (κ1) is 18.9. The predicted molar refractivity (Wildman–Crippen MR) is 107 cm³/mol. The third kappa shape index (κ3) is 3.10. The van der Waals surface area contributed by atoms with Crippen molar-refractivity contribution in [2.75, 3.05) is 13.2 Å². The quantitative estimate of drug-likeness (QED) is 0.474. The Balaban J connectivity index is 1.57. The predicted octanol–water partition coefficient (Wildman–Crippen LogP) is 3.20. The average Bonchev–Trinajstić information content (AvgIpc) is 3.51. The number of aliphatic hydroxyl groups is 1. The normalized spacial score (nSPS) is 27.5. The van der Waals surface area contributed by atoms with E-state index in [-0.39, 0.29) is 30.1 Å². The minimum absolute atomic E-state index is 0.0415. The summed E-state index contributed by atoms with van der Waals surface area (Å²) in [5.74, 6) is -0.345. The van der Waals surface area contributed by atoms with Gasteiger partial charge in [0.2, 0.25) is 0 Å². The van der Waals surface area contributed by atoms with E-state index in [1.54, 1.807) is 24.3 Å². The average molecular weight is 409 g/mol. The van der Waals surface area contributed by atoms with Gasteiger partial charge in [0.25, 0.3) is 11.7 Å². The Bertz CT molecular complexity index is 1020. The molecule has 156 valence electrons. The highest BCUT2D eigenvalue weighted by atomic mass is 16.5. The Hall–Kier alpha value is -3.06. The molecule has 2 fully saturated rings. The van der Waals surface area contributed by atoms with Crippen LogP contribution in [-0.4, -0.2) is 47.1 Å². The van der Waals surface area contributed by atoms with Crippen LogP contribution >= 0.6 is 0 Å². The molecule has 3 aliphatic rings.